The molecule has 0 amide bonds. The van der Waals surface area contributed by atoms with Crippen LogP contribution in [0.3, 0.4) is 0 Å². The lowest BCUT2D eigenvalue weighted by atomic mass is 9.79. The van der Waals surface area contributed by atoms with E-state index in [-0.39, 0.29) is 0 Å². The molecule has 0 bridgehead atoms. The van der Waals surface area contributed by atoms with Gasteiger partial charge >= 0.3 is 6.98 Å². The summed E-state index contributed by atoms with van der Waals surface area (Å²) in [5, 5.41) is 0. The van der Waals surface area contributed by atoms with Crippen molar-refractivity contribution in [3.63, 3.8) is 0 Å². The van der Waals surface area contributed by atoms with Gasteiger partial charge in [0, 0.05) is 7.11 Å². The van der Waals surface area contributed by atoms with E-state index >= 15 is 0 Å². The molecule has 84 valence electrons. The molecule has 0 aliphatic carbocycles. The average Bonchev–Trinajstić information content (AvgIpc) is 2.17. The predicted octanol–water partition coefficient (Wildman–Crippen LogP) is 2.62. The van der Waals surface area contributed by atoms with Gasteiger partial charge in [0.05, 0.1) is 5.60 Å². The summed E-state index contributed by atoms with van der Waals surface area (Å²) in [6, 6.07) is 5.09. The van der Waals surface area contributed by atoms with E-state index < -0.39 is 18.0 Å². The minimum absolute atomic E-state index is 0.558. The monoisotopic (exact) mass is 217 g/mol. The van der Waals surface area contributed by atoms with Gasteiger partial charge < -0.3 is 17.7 Å². The van der Waals surface area contributed by atoms with Crippen molar-refractivity contribution in [2.45, 2.75) is 19.4 Å². The van der Waals surface area contributed by atoms with Crippen LogP contribution >= 0.6 is 0 Å². The van der Waals surface area contributed by atoms with Crippen molar-refractivity contribution in [2.24, 2.45) is 0 Å². The van der Waals surface area contributed by atoms with Crippen LogP contribution in [0.15, 0.2) is 24.3 Å². The Morgan fingerprint density at radius 1 is 1.07 bits per heavy atom. The highest BCUT2D eigenvalue weighted by Gasteiger charge is 2.26. The molecule has 0 radical (unpaired) electrons. The van der Waals surface area contributed by atoms with Gasteiger partial charge in [-0.15, -0.1) is 5.46 Å². The summed E-state index contributed by atoms with van der Waals surface area (Å²) >= 11 is 0. The van der Waals surface area contributed by atoms with Crippen molar-refractivity contribution < 1.29 is 17.7 Å². The van der Waals surface area contributed by atoms with E-state index in [1.165, 1.54) is 19.2 Å². The molecule has 1 aromatic rings. The van der Waals surface area contributed by atoms with Crippen LogP contribution in [-0.2, 0) is 10.3 Å². The maximum atomic E-state index is 12.3. The van der Waals surface area contributed by atoms with Crippen molar-refractivity contribution >= 4 is 12.4 Å². The second kappa shape index (κ2) is 3.89. The lowest BCUT2D eigenvalue weighted by Crippen LogP contribution is -2.34. The van der Waals surface area contributed by atoms with Gasteiger partial charge in [0.25, 0.3) is 0 Å². The standard InChI is InChI=1S/C10H13BF3O/c1-10(2,15-3)8-4-6-9(7-5-8)11(12,13)14/h4-7H,1-3H3/q-1. The topological polar surface area (TPSA) is 9.23 Å². The molecule has 0 fully saturated rings. The zero-order valence-electron chi connectivity index (χ0n) is 8.93. The second-order valence-electron chi connectivity index (χ2n) is 3.91. The molecule has 0 aromatic heterocycles. The largest absolute Gasteiger partial charge is 0.509 e. The van der Waals surface area contributed by atoms with Crippen LogP contribution in [0.4, 0.5) is 12.9 Å². The van der Waals surface area contributed by atoms with E-state index in [4.69, 9.17) is 4.74 Å². The van der Waals surface area contributed by atoms with Crippen LogP contribution in [0.5, 0.6) is 0 Å². The zero-order chi connectivity index (χ0) is 11.7. The summed E-state index contributed by atoms with van der Waals surface area (Å²) in [5.74, 6) is 0. The average molecular weight is 217 g/mol. The number of benzene rings is 1. The fourth-order valence-electron chi connectivity index (χ4n) is 1.22. The van der Waals surface area contributed by atoms with Gasteiger partial charge in [0.1, 0.15) is 0 Å². The fraction of sp³-hybridized carbons (Fsp3) is 0.400. The fourth-order valence-corrected chi connectivity index (χ4v) is 1.22. The quantitative estimate of drug-likeness (QED) is 0.707. The number of rotatable bonds is 3. The first-order chi connectivity index (χ1) is 6.77. The van der Waals surface area contributed by atoms with E-state index in [2.05, 4.69) is 0 Å². The SMILES string of the molecule is COC(C)(C)c1ccc([B-](F)(F)F)cc1. The normalized spacial score (nSPS) is 12.9. The first-order valence-corrected chi connectivity index (χ1v) is 4.63. The van der Waals surface area contributed by atoms with Crippen LogP contribution in [0, 0.1) is 0 Å². The van der Waals surface area contributed by atoms with Gasteiger partial charge in [0.15, 0.2) is 0 Å². The molecule has 5 heteroatoms. The van der Waals surface area contributed by atoms with Crippen LogP contribution in [0.1, 0.15) is 19.4 Å². The molecule has 1 nitrogen and oxygen atoms in total. The molecule has 0 saturated carbocycles. The van der Waals surface area contributed by atoms with E-state index in [9.17, 15) is 12.9 Å². The predicted molar refractivity (Wildman–Crippen MR) is 55.2 cm³/mol. The second-order valence-corrected chi connectivity index (χ2v) is 3.91. The molecular weight excluding hydrogens is 204 g/mol. The molecule has 1 aromatic carbocycles. The summed E-state index contributed by atoms with van der Waals surface area (Å²) in [6.07, 6.45) is 0. The summed E-state index contributed by atoms with van der Waals surface area (Å²) in [7, 11) is 1.53. The Balaban J connectivity index is 3.01. The zero-order valence-corrected chi connectivity index (χ0v) is 8.93. The van der Waals surface area contributed by atoms with Crippen molar-refractivity contribution in [3.8, 4) is 0 Å². The first kappa shape index (κ1) is 12.1. The maximum absolute atomic E-state index is 12.3. The molecule has 0 atom stereocenters. The Morgan fingerprint density at radius 2 is 1.53 bits per heavy atom. The van der Waals surface area contributed by atoms with Crippen molar-refractivity contribution in [1.29, 1.82) is 0 Å². The third kappa shape index (κ3) is 2.75. The Morgan fingerprint density at radius 3 is 1.87 bits per heavy atom. The van der Waals surface area contributed by atoms with Crippen LogP contribution < -0.4 is 5.46 Å². The third-order valence-electron chi connectivity index (χ3n) is 2.49. The van der Waals surface area contributed by atoms with Crippen molar-refractivity contribution in [3.05, 3.63) is 29.8 Å². The Bertz CT molecular complexity index is 330. The number of ether oxygens (including phenoxy) is 1. The number of hydrogen-bond acceptors (Lipinski definition) is 1. The number of hydrogen-bond donors (Lipinski definition) is 0. The molecule has 1 rings (SSSR count). The minimum Gasteiger partial charge on any atom is -0.445 e. The van der Waals surface area contributed by atoms with Gasteiger partial charge in [0.2, 0.25) is 0 Å². The molecule has 15 heavy (non-hydrogen) atoms. The minimum atomic E-state index is -4.90. The van der Waals surface area contributed by atoms with E-state index in [0.717, 1.165) is 17.7 Å². The molecule has 0 unspecified atom stereocenters. The van der Waals surface area contributed by atoms with Gasteiger partial charge in [-0.25, -0.2) is 0 Å². The molecule has 0 aliphatic heterocycles. The molecule has 0 heterocycles. The van der Waals surface area contributed by atoms with Gasteiger partial charge in [-0.2, -0.15) is 0 Å². The highest BCUT2D eigenvalue weighted by atomic mass is 19.4. The number of methoxy groups -OCH3 is 1. The van der Waals surface area contributed by atoms with Crippen LogP contribution in [0.25, 0.3) is 0 Å². The van der Waals surface area contributed by atoms with E-state index in [1.807, 2.05) is 0 Å². The Kier molecular flexibility index (Phi) is 3.14. The van der Waals surface area contributed by atoms with Crippen LogP contribution in [-0.4, -0.2) is 14.1 Å². The van der Waals surface area contributed by atoms with E-state index in [1.54, 1.807) is 13.8 Å². The highest BCUT2D eigenvalue weighted by molar-refractivity contribution is 6.73. The number of halogens is 3. The summed E-state index contributed by atoms with van der Waals surface area (Å²) in [5.41, 5.74) is -0.406. The summed E-state index contributed by atoms with van der Waals surface area (Å²) < 4.78 is 42.2. The van der Waals surface area contributed by atoms with E-state index in [0.29, 0.717) is 0 Å². The van der Waals surface area contributed by atoms with Gasteiger partial charge in [-0.1, -0.05) is 24.3 Å². The summed E-state index contributed by atoms with van der Waals surface area (Å²) in [4.78, 5) is 0. The lowest BCUT2D eigenvalue weighted by molar-refractivity contribution is 0.0192. The molecule has 0 N–H and O–H groups in total. The van der Waals surface area contributed by atoms with Gasteiger partial charge in [-0.05, 0) is 19.4 Å². The molecule has 0 spiro atoms. The first-order valence-electron chi connectivity index (χ1n) is 4.63. The highest BCUT2D eigenvalue weighted by Crippen LogP contribution is 2.23. The Labute approximate surface area is 87.3 Å². The molecular formula is C10H13BF3O-. The smallest absolute Gasteiger partial charge is 0.445 e. The van der Waals surface area contributed by atoms with Crippen molar-refractivity contribution in [2.75, 3.05) is 7.11 Å². The maximum Gasteiger partial charge on any atom is 0.509 e. The molecule has 0 saturated heterocycles. The van der Waals surface area contributed by atoms with Gasteiger partial charge in [-0.3, -0.25) is 0 Å². The van der Waals surface area contributed by atoms with Crippen molar-refractivity contribution in [1.82, 2.24) is 0 Å². The van der Waals surface area contributed by atoms with Crippen LogP contribution in [0.2, 0.25) is 0 Å². The lowest BCUT2D eigenvalue weighted by Gasteiger charge is -2.24. The Hall–Kier alpha value is -0.965. The summed E-state index contributed by atoms with van der Waals surface area (Å²) in [6.45, 7) is -1.29. The third-order valence-corrected chi connectivity index (χ3v) is 2.49. The molecule has 0 aliphatic rings.